The van der Waals surface area contributed by atoms with Crippen molar-refractivity contribution in [2.45, 2.75) is 19.5 Å². The Morgan fingerprint density at radius 3 is 2.74 bits per heavy atom. The predicted molar refractivity (Wildman–Crippen MR) is 72.2 cm³/mol. The molecular weight excluding hydrogens is 240 g/mol. The zero-order valence-corrected chi connectivity index (χ0v) is 10.7. The van der Waals surface area contributed by atoms with Crippen molar-refractivity contribution >= 4 is 5.91 Å². The van der Waals surface area contributed by atoms with Crippen LogP contribution in [0.4, 0.5) is 0 Å². The Hall–Kier alpha value is -2.27. The highest BCUT2D eigenvalue weighted by Gasteiger charge is 2.11. The number of rotatable bonds is 4. The van der Waals surface area contributed by atoms with Crippen molar-refractivity contribution < 1.29 is 4.79 Å². The van der Waals surface area contributed by atoms with Gasteiger partial charge in [-0.15, -0.1) is 0 Å². The van der Waals surface area contributed by atoms with Crippen LogP contribution in [0.25, 0.3) is 0 Å². The van der Waals surface area contributed by atoms with Gasteiger partial charge in [0.1, 0.15) is 0 Å². The van der Waals surface area contributed by atoms with Gasteiger partial charge >= 0.3 is 0 Å². The van der Waals surface area contributed by atoms with Crippen LogP contribution in [0.2, 0.25) is 0 Å². The Morgan fingerprint density at radius 1 is 1.32 bits per heavy atom. The van der Waals surface area contributed by atoms with E-state index in [1.165, 1.54) is 0 Å². The number of pyridine rings is 2. The number of nitrogens with two attached hydrogens (primary N) is 1. The van der Waals surface area contributed by atoms with Gasteiger partial charge in [0.05, 0.1) is 11.7 Å². The van der Waals surface area contributed by atoms with Crippen molar-refractivity contribution in [3.63, 3.8) is 0 Å². The molecule has 2 aromatic rings. The highest BCUT2D eigenvalue weighted by atomic mass is 16.1. The van der Waals surface area contributed by atoms with Crippen molar-refractivity contribution in [2.24, 2.45) is 5.73 Å². The number of carbonyl (C=O) groups excluding carboxylic acids is 1. The zero-order valence-electron chi connectivity index (χ0n) is 10.7. The molecule has 98 valence electrons. The third-order valence-corrected chi connectivity index (χ3v) is 2.84. The molecule has 0 aliphatic carbocycles. The maximum absolute atomic E-state index is 12.1. The van der Waals surface area contributed by atoms with Crippen LogP contribution in [0.5, 0.6) is 0 Å². The minimum Gasteiger partial charge on any atom is -0.346 e. The maximum Gasteiger partial charge on any atom is 0.251 e. The Morgan fingerprint density at radius 2 is 2.05 bits per heavy atom. The van der Waals surface area contributed by atoms with Gasteiger partial charge in [-0.1, -0.05) is 0 Å². The van der Waals surface area contributed by atoms with Gasteiger partial charge in [-0.05, 0) is 36.8 Å². The van der Waals surface area contributed by atoms with Crippen molar-refractivity contribution in [3.05, 3.63) is 59.7 Å². The van der Waals surface area contributed by atoms with Gasteiger partial charge in [0.2, 0.25) is 0 Å². The summed E-state index contributed by atoms with van der Waals surface area (Å²) in [5.74, 6) is -0.138. The molecule has 1 amide bonds. The van der Waals surface area contributed by atoms with Crippen LogP contribution >= 0.6 is 0 Å². The van der Waals surface area contributed by atoms with Gasteiger partial charge in [-0.25, -0.2) is 0 Å². The molecule has 2 heterocycles. The van der Waals surface area contributed by atoms with Crippen LogP contribution in [0.15, 0.2) is 42.9 Å². The minimum absolute atomic E-state index is 0.0787. The number of nitrogens with zero attached hydrogens (tertiary/aromatic N) is 2. The second-order valence-electron chi connectivity index (χ2n) is 4.22. The fraction of sp³-hybridized carbons (Fsp3) is 0.214. The summed E-state index contributed by atoms with van der Waals surface area (Å²) in [7, 11) is 0. The normalized spacial score (nSPS) is 11.9. The highest BCUT2D eigenvalue weighted by molar-refractivity contribution is 5.94. The van der Waals surface area contributed by atoms with E-state index in [1.807, 2.05) is 19.1 Å². The molecule has 0 bridgehead atoms. The molecule has 1 atom stereocenters. The van der Waals surface area contributed by atoms with E-state index in [0.717, 1.165) is 5.56 Å². The Kier molecular flexibility index (Phi) is 4.20. The van der Waals surface area contributed by atoms with E-state index in [4.69, 9.17) is 5.73 Å². The van der Waals surface area contributed by atoms with Crippen LogP contribution in [0, 0.1) is 0 Å². The van der Waals surface area contributed by atoms with Crippen LogP contribution in [0.1, 0.15) is 34.6 Å². The molecule has 0 aromatic carbocycles. The number of hydrogen-bond donors (Lipinski definition) is 2. The molecule has 0 aliphatic heterocycles. The van der Waals surface area contributed by atoms with Crippen molar-refractivity contribution in [2.75, 3.05) is 0 Å². The predicted octanol–water partition coefficient (Wildman–Crippen LogP) is 1.43. The molecule has 2 aromatic heterocycles. The van der Waals surface area contributed by atoms with E-state index in [2.05, 4.69) is 15.3 Å². The zero-order chi connectivity index (χ0) is 13.7. The third kappa shape index (κ3) is 3.35. The Balaban J connectivity index is 2.08. The van der Waals surface area contributed by atoms with Gasteiger partial charge in [-0.3, -0.25) is 14.8 Å². The fourth-order valence-electron chi connectivity index (χ4n) is 1.75. The molecule has 0 spiro atoms. The van der Waals surface area contributed by atoms with Gasteiger partial charge in [0.25, 0.3) is 5.91 Å². The van der Waals surface area contributed by atoms with E-state index in [1.54, 1.807) is 30.7 Å². The van der Waals surface area contributed by atoms with Crippen LogP contribution in [-0.4, -0.2) is 15.9 Å². The second-order valence-corrected chi connectivity index (χ2v) is 4.22. The molecule has 19 heavy (non-hydrogen) atoms. The van der Waals surface area contributed by atoms with Gasteiger partial charge < -0.3 is 11.1 Å². The van der Waals surface area contributed by atoms with E-state index in [-0.39, 0.29) is 11.9 Å². The molecule has 0 aliphatic rings. The number of nitrogens with one attached hydrogen (secondary N) is 1. The summed E-state index contributed by atoms with van der Waals surface area (Å²) in [5.41, 5.74) is 7.79. The molecule has 3 N–H and O–H groups in total. The monoisotopic (exact) mass is 256 g/mol. The summed E-state index contributed by atoms with van der Waals surface area (Å²) in [4.78, 5) is 20.1. The number of carbonyl (C=O) groups is 1. The number of amides is 1. The SMILES string of the molecule is C[C@@H](NC(=O)c1ccnc(CN)c1)c1ccncc1. The van der Waals surface area contributed by atoms with E-state index >= 15 is 0 Å². The van der Waals surface area contributed by atoms with Gasteiger partial charge in [-0.2, -0.15) is 0 Å². The van der Waals surface area contributed by atoms with Crippen LogP contribution in [0.3, 0.4) is 0 Å². The smallest absolute Gasteiger partial charge is 0.251 e. The average Bonchev–Trinajstić information content (AvgIpc) is 2.48. The van der Waals surface area contributed by atoms with E-state index in [9.17, 15) is 4.79 Å². The van der Waals surface area contributed by atoms with Crippen LogP contribution in [-0.2, 0) is 6.54 Å². The average molecular weight is 256 g/mol. The number of aromatic nitrogens is 2. The Labute approximate surface area is 111 Å². The van der Waals surface area contributed by atoms with Gasteiger partial charge in [0.15, 0.2) is 0 Å². The largest absolute Gasteiger partial charge is 0.346 e. The summed E-state index contributed by atoms with van der Waals surface area (Å²) in [6.45, 7) is 2.25. The first kappa shape index (κ1) is 13.2. The standard InChI is InChI=1S/C14H16N4O/c1-10(11-2-5-16-6-3-11)18-14(19)12-4-7-17-13(8-12)9-15/h2-8,10H,9,15H2,1H3,(H,18,19)/t10-/m1/s1. The summed E-state index contributed by atoms with van der Waals surface area (Å²) in [6, 6.07) is 7.05. The summed E-state index contributed by atoms with van der Waals surface area (Å²) in [5, 5.41) is 2.93. The van der Waals surface area contributed by atoms with E-state index in [0.29, 0.717) is 17.8 Å². The van der Waals surface area contributed by atoms with E-state index < -0.39 is 0 Å². The lowest BCUT2D eigenvalue weighted by Gasteiger charge is -2.14. The maximum atomic E-state index is 12.1. The summed E-state index contributed by atoms with van der Waals surface area (Å²) < 4.78 is 0. The molecule has 5 heteroatoms. The molecule has 0 unspecified atom stereocenters. The summed E-state index contributed by atoms with van der Waals surface area (Å²) >= 11 is 0. The molecule has 2 rings (SSSR count). The lowest BCUT2D eigenvalue weighted by molar-refractivity contribution is 0.0939. The molecule has 0 radical (unpaired) electrons. The van der Waals surface area contributed by atoms with Crippen LogP contribution < -0.4 is 11.1 Å². The molecule has 5 nitrogen and oxygen atoms in total. The van der Waals surface area contributed by atoms with Gasteiger partial charge in [0, 0.05) is 30.7 Å². The third-order valence-electron chi connectivity index (χ3n) is 2.84. The first-order valence-corrected chi connectivity index (χ1v) is 6.06. The fourth-order valence-corrected chi connectivity index (χ4v) is 1.75. The molecular formula is C14H16N4O. The molecule has 0 saturated carbocycles. The topological polar surface area (TPSA) is 80.9 Å². The van der Waals surface area contributed by atoms with Crippen molar-refractivity contribution in [3.8, 4) is 0 Å². The molecule has 0 saturated heterocycles. The quantitative estimate of drug-likeness (QED) is 0.867. The minimum atomic E-state index is -0.138. The summed E-state index contributed by atoms with van der Waals surface area (Å²) in [6.07, 6.45) is 5.00. The van der Waals surface area contributed by atoms with Crippen molar-refractivity contribution in [1.29, 1.82) is 0 Å². The Bertz CT molecular complexity index is 556. The number of hydrogen-bond acceptors (Lipinski definition) is 4. The highest BCUT2D eigenvalue weighted by Crippen LogP contribution is 2.11. The lowest BCUT2D eigenvalue weighted by atomic mass is 10.1. The van der Waals surface area contributed by atoms with Crippen molar-refractivity contribution in [1.82, 2.24) is 15.3 Å². The molecule has 0 fully saturated rings. The second kappa shape index (κ2) is 6.06. The first-order chi connectivity index (χ1) is 9.20. The lowest BCUT2D eigenvalue weighted by Crippen LogP contribution is -2.26. The first-order valence-electron chi connectivity index (χ1n) is 6.06.